The molecule has 90 valence electrons. The van der Waals surface area contributed by atoms with Gasteiger partial charge in [-0.05, 0) is 38.7 Å². The van der Waals surface area contributed by atoms with Gasteiger partial charge >= 0.3 is 0 Å². The van der Waals surface area contributed by atoms with E-state index in [1.54, 1.807) is 0 Å². The number of nitrogens with two attached hydrogens (primary N) is 1. The standard InChI is InChI=1S/C14H23NO/c1-3-16-12-14(2,15)11-7-10-13-8-5-4-6-9-13/h4-6,8-9H,3,7,10-12,15H2,1-2H3. The smallest absolute Gasteiger partial charge is 0.0643 e. The van der Waals surface area contributed by atoms with Crippen LogP contribution in [0.25, 0.3) is 0 Å². The second-order valence-corrected chi connectivity index (χ2v) is 4.63. The summed E-state index contributed by atoms with van der Waals surface area (Å²) in [5, 5.41) is 0. The van der Waals surface area contributed by atoms with Crippen molar-refractivity contribution in [3.8, 4) is 0 Å². The van der Waals surface area contributed by atoms with Gasteiger partial charge in [-0.25, -0.2) is 0 Å². The first-order valence-electron chi connectivity index (χ1n) is 6.04. The van der Waals surface area contributed by atoms with Crippen molar-refractivity contribution in [2.75, 3.05) is 13.2 Å². The topological polar surface area (TPSA) is 35.2 Å². The molecular weight excluding hydrogens is 198 g/mol. The zero-order valence-corrected chi connectivity index (χ0v) is 10.4. The van der Waals surface area contributed by atoms with E-state index in [-0.39, 0.29) is 5.54 Å². The van der Waals surface area contributed by atoms with E-state index >= 15 is 0 Å². The molecule has 0 saturated carbocycles. The maximum absolute atomic E-state index is 6.14. The highest BCUT2D eigenvalue weighted by Crippen LogP contribution is 2.12. The van der Waals surface area contributed by atoms with Crippen LogP contribution in [-0.4, -0.2) is 18.8 Å². The van der Waals surface area contributed by atoms with Gasteiger partial charge in [-0.3, -0.25) is 0 Å². The molecule has 0 heterocycles. The van der Waals surface area contributed by atoms with Crippen LogP contribution in [0.5, 0.6) is 0 Å². The first-order valence-corrected chi connectivity index (χ1v) is 6.04. The first-order chi connectivity index (χ1) is 7.64. The molecule has 0 amide bonds. The van der Waals surface area contributed by atoms with Crippen molar-refractivity contribution in [3.63, 3.8) is 0 Å². The van der Waals surface area contributed by atoms with Crippen molar-refractivity contribution in [3.05, 3.63) is 35.9 Å². The Morgan fingerprint density at radius 2 is 1.94 bits per heavy atom. The van der Waals surface area contributed by atoms with Gasteiger partial charge in [0.1, 0.15) is 0 Å². The summed E-state index contributed by atoms with van der Waals surface area (Å²) in [5.74, 6) is 0. The molecule has 1 rings (SSSR count). The van der Waals surface area contributed by atoms with Gasteiger partial charge in [0, 0.05) is 12.1 Å². The van der Waals surface area contributed by atoms with E-state index in [1.807, 2.05) is 13.0 Å². The minimum Gasteiger partial charge on any atom is -0.380 e. The lowest BCUT2D eigenvalue weighted by Gasteiger charge is -2.24. The maximum Gasteiger partial charge on any atom is 0.0643 e. The van der Waals surface area contributed by atoms with Crippen molar-refractivity contribution in [2.45, 2.75) is 38.6 Å². The number of hydrogen-bond acceptors (Lipinski definition) is 2. The predicted octanol–water partition coefficient (Wildman–Crippen LogP) is 2.76. The summed E-state index contributed by atoms with van der Waals surface area (Å²) in [5.41, 5.74) is 7.34. The number of aryl methyl sites for hydroxylation is 1. The monoisotopic (exact) mass is 221 g/mol. The number of benzene rings is 1. The van der Waals surface area contributed by atoms with Crippen LogP contribution < -0.4 is 5.73 Å². The molecule has 1 atom stereocenters. The van der Waals surface area contributed by atoms with Gasteiger partial charge in [-0.2, -0.15) is 0 Å². The lowest BCUT2D eigenvalue weighted by molar-refractivity contribution is 0.0968. The van der Waals surface area contributed by atoms with E-state index in [1.165, 1.54) is 5.56 Å². The predicted molar refractivity (Wildman–Crippen MR) is 68.5 cm³/mol. The average molecular weight is 221 g/mol. The van der Waals surface area contributed by atoms with Crippen LogP contribution in [0, 0.1) is 0 Å². The Kier molecular flexibility index (Phi) is 5.50. The summed E-state index contributed by atoms with van der Waals surface area (Å²) >= 11 is 0. The molecule has 2 heteroatoms. The third-order valence-corrected chi connectivity index (χ3v) is 2.69. The molecule has 0 aliphatic carbocycles. The summed E-state index contributed by atoms with van der Waals surface area (Å²) < 4.78 is 5.38. The number of ether oxygens (including phenoxy) is 1. The highest BCUT2D eigenvalue weighted by atomic mass is 16.5. The van der Waals surface area contributed by atoms with Crippen molar-refractivity contribution in [2.24, 2.45) is 5.73 Å². The fourth-order valence-corrected chi connectivity index (χ4v) is 1.75. The molecule has 2 nitrogen and oxygen atoms in total. The van der Waals surface area contributed by atoms with Crippen LogP contribution in [-0.2, 0) is 11.2 Å². The lowest BCUT2D eigenvalue weighted by Crippen LogP contribution is -2.41. The third kappa shape index (κ3) is 5.29. The second kappa shape index (κ2) is 6.66. The highest BCUT2D eigenvalue weighted by Gasteiger charge is 2.17. The molecule has 0 bridgehead atoms. The molecule has 1 aromatic carbocycles. The number of rotatable bonds is 7. The van der Waals surface area contributed by atoms with E-state index in [0.29, 0.717) is 6.61 Å². The van der Waals surface area contributed by atoms with E-state index in [2.05, 4.69) is 31.2 Å². The molecule has 0 saturated heterocycles. The van der Waals surface area contributed by atoms with Gasteiger partial charge in [0.25, 0.3) is 0 Å². The molecule has 0 radical (unpaired) electrons. The van der Waals surface area contributed by atoms with Gasteiger partial charge in [-0.1, -0.05) is 30.3 Å². The second-order valence-electron chi connectivity index (χ2n) is 4.63. The van der Waals surface area contributed by atoms with E-state index < -0.39 is 0 Å². The average Bonchev–Trinajstić information content (AvgIpc) is 2.28. The Balaban J connectivity index is 2.24. The largest absolute Gasteiger partial charge is 0.380 e. The zero-order valence-electron chi connectivity index (χ0n) is 10.4. The van der Waals surface area contributed by atoms with Crippen LogP contribution in [0.3, 0.4) is 0 Å². The summed E-state index contributed by atoms with van der Waals surface area (Å²) in [6.07, 6.45) is 3.21. The van der Waals surface area contributed by atoms with Crippen molar-refractivity contribution in [1.29, 1.82) is 0 Å². The van der Waals surface area contributed by atoms with E-state index in [4.69, 9.17) is 10.5 Å². The minimum atomic E-state index is -0.190. The Morgan fingerprint density at radius 3 is 2.56 bits per heavy atom. The molecule has 2 N–H and O–H groups in total. The molecule has 1 unspecified atom stereocenters. The first kappa shape index (κ1) is 13.2. The summed E-state index contributed by atoms with van der Waals surface area (Å²) in [4.78, 5) is 0. The SMILES string of the molecule is CCOCC(C)(N)CCCc1ccccc1. The van der Waals surface area contributed by atoms with Crippen molar-refractivity contribution >= 4 is 0 Å². The molecule has 0 fully saturated rings. The van der Waals surface area contributed by atoms with Gasteiger partial charge in [-0.15, -0.1) is 0 Å². The summed E-state index contributed by atoms with van der Waals surface area (Å²) in [6, 6.07) is 10.5. The fraction of sp³-hybridized carbons (Fsp3) is 0.571. The van der Waals surface area contributed by atoms with Crippen LogP contribution in [0.4, 0.5) is 0 Å². The minimum absolute atomic E-state index is 0.190. The third-order valence-electron chi connectivity index (χ3n) is 2.69. The molecule has 16 heavy (non-hydrogen) atoms. The number of hydrogen-bond donors (Lipinski definition) is 1. The molecular formula is C14H23NO. The van der Waals surface area contributed by atoms with E-state index in [0.717, 1.165) is 25.9 Å². The van der Waals surface area contributed by atoms with Crippen molar-refractivity contribution < 1.29 is 4.74 Å². The molecule has 0 aromatic heterocycles. The van der Waals surface area contributed by atoms with Gasteiger partial charge in [0.05, 0.1) is 6.61 Å². The Morgan fingerprint density at radius 1 is 1.25 bits per heavy atom. The normalized spacial score (nSPS) is 14.7. The van der Waals surface area contributed by atoms with Crippen LogP contribution >= 0.6 is 0 Å². The molecule has 0 aliphatic rings. The lowest BCUT2D eigenvalue weighted by atomic mass is 9.95. The van der Waals surface area contributed by atoms with Crippen LogP contribution in [0.1, 0.15) is 32.3 Å². The Hall–Kier alpha value is -0.860. The quantitative estimate of drug-likeness (QED) is 0.768. The van der Waals surface area contributed by atoms with Crippen LogP contribution in [0.15, 0.2) is 30.3 Å². The van der Waals surface area contributed by atoms with Gasteiger partial charge < -0.3 is 10.5 Å². The van der Waals surface area contributed by atoms with Gasteiger partial charge in [0.15, 0.2) is 0 Å². The molecule has 0 aliphatic heterocycles. The highest BCUT2D eigenvalue weighted by molar-refractivity contribution is 5.14. The fourth-order valence-electron chi connectivity index (χ4n) is 1.75. The van der Waals surface area contributed by atoms with Crippen molar-refractivity contribution in [1.82, 2.24) is 0 Å². The Bertz CT molecular complexity index is 282. The van der Waals surface area contributed by atoms with E-state index in [9.17, 15) is 0 Å². The zero-order chi connectivity index (χ0) is 11.9. The molecule has 1 aromatic rings. The Labute approximate surface area is 98.8 Å². The van der Waals surface area contributed by atoms with Crippen LogP contribution in [0.2, 0.25) is 0 Å². The molecule has 0 spiro atoms. The van der Waals surface area contributed by atoms with Gasteiger partial charge in [0.2, 0.25) is 0 Å². The summed E-state index contributed by atoms with van der Waals surface area (Å²) in [7, 11) is 0. The summed E-state index contributed by atoms with van der Waals surface area (Å²) in [6.45, 7) is 5.46. The maximum atomic E-state index is 6.14.